The quantitative estimate of drug-likeness (QED) is 0.620. The summed E-state index contributed by atoms with van der Waals surface area (Å²) < 4.78 is 52.8. The van der Waals surface area contributed by atoms with Gasteiger partial charge in [-0.2, -0.15) is 0 Å². The third kappa shape index (κ3) is 4.83. The topological polar surface area (TPSA) is 65.1 Å². The number of hydrogen-bond acceptors (Lipinski definition) is 6. The van der Waals surface area contributed by atoms with Gasteiger partial charge in [-0.25, -0.2) is 9.59 Å². The maximum absolute atomic E-state index is 13.0. The Morgan fingerprint density at radius 3 is 2.12 bits per heavy atom. The first-order valence-electron chi connectivity index (χ1n) is 9.26. The van der Waals surface area contributed by atoms with Crippen LogP contribution in [-0.2, 0) is 19.1 Å². The molecule has 0 amide bonds. The molecule has 0 N–H and O–H groups in total. The number of ether oxygens (including phenoxy) is 3. The standard InChI is InChI=1S/C23H18F3NO5/c1-30-21(28)17-11-7-8-14-27(20(17)22(29)31-2)18-12-5-3-9-15(18)16-10-4-6-13-19(16)32-23(24,25)26/h3-14H,1-2H3. The largest absolute Gasteiger partial charge is 0.573 e. The van der Waals surface area contributed by atoms with Crippen LogP contribution in [0.1, 0.15) is 0 Å². The van der Waals surface area contributed by atoms with Crippen molar-refractivity contribution in [2.75, 3.05) is 19.1 Å². The van der Waals surface area contributed by atoms with E-state index in [1.807, 2.05) is 0 Å². The number of carbonyl (C=O) groups excluding carboxylic acids is 2. The highest BCUT2D eigenvalue weighted by Gasteiger charge is 2.33. The molecule has 32 heavy (non-hydrogen) atoms. The third-order valence-corrected chi connectivity index (χ3v) is 4.46. The summed E-state index contributed by atoms with van der Waals surface area (Å²) >= 11 is 0. The van der Waals surface area contributed by atoms with Crippen molar-refractivity contribution >= 4 is 17.6 Å². The normalized spacial score (nSPS) is 13.6. The zero-order chi connectivity index (χ0) is 23.3. The Morgan fingerprint density at radius 2 is 1.47 bits per heavy atom. The van der Waals surface area contributed by atoms with Gasteiger partial charge in [-0.15, -0.1) is 13.2 Å². The van der Waals surface area contributed by atoms with Gasteiger partial charge >= 0.3 is 18.3 Å². The smallest absolute Gasteiger partial charge is 0.465 e. The van der Waals surface area contributed by atoms with Crippen molar-refractivity contribution in [3.8, 4) is 16.9 Å². The fourth-order valence-corrected chi connectivity index (χ4v) is 3.17. The Balaban J connectivity index is 2.25. The molecule has 1 aliphatic rings. The van der Waals surface area contributed by atoms with Gasteiger partial charge in [0.05, 0.1) is 25.5 Å². The second kappa shape index (κ2) is 9.42. The summed E-state index contributed by atoms with van der Waals surface area (Å²) in [6.45, 7) is 0. The zero-order valence-electron chi connectivity index (χ0n) is 17.1. The number of carbonyl (C=O) groups is 2. The Bertz CT molecular complexity index is 1120. The molecule has 0 spiro atoms. The molecule has 0 aliphatic carbocycles. The molecule has 9 heteroatoms. The maximum Gasteiger partial charge on any atom is 0.573 e. The van der Waals surface area contributed by atoms with Crippen molar-refractivity contribution in [2.45, 2.75) is 6.36 Å². The fourth-order valence-electron chi connectivity index (χ4n) is 3.17. The molecule has 0 unspecified atom stereocenters. The van der Waals surface area contributed by atoms with Gasteiger partial charge in [0.15, 0.2) is 0 Å². The molecule has 0 saturated carbocycles. The Hall–Kier alpha value is -4.01. The first-order valence-corrected chi connectivity index (χ1v) is 9.26. The molecule has 0 bridgehead atoms. The lowest BCUT2D eigenvalue weighted by Crippen LogP contribution is -2.27. The van der Waals surface area contributed by atoms with Crippen LogP contribution in [0.25, 0.3) is 11.1 Å². The molecule has 0 saturated heterocycles. The number of allylic oxidation sites excluding steroid dienone is 2. The number of anilines is 1. The van der Waals surface area contributed by atoms with E-state index in [1.54, 1.807) is 36.4 Å². The van der Waals surface area contributed by atoms with E-state index < -0.39 is 24.1 Å². The minimum Gasteiger partial charge on any atom is -0.465 e. The lowest BCUT2D eigenvalue weighted by atomic mass is 10.0. The molecule has 6 nitrogen and oxygen atoms in total. The Morgan fingerprint density at radius 1 is 0.844 bits per heavy atom. The summed E-state index contributed by atoms with van der Waals surface area (Å²) in [7, 11) is 2.32. The van der Waals surface area contributed by atoms with Gasteiger partial charge in [-0.3, -0.25) is 0 Å². The Labute approximate surface area is 181 Å². The monoisotopic (exact) mass is 445 g/mol. The highest BCUT2D eigenvalue weighted by atomic mass is 19.4. The average Bonchev–Trinajstić information content (AvgIpc) is 3.00. The number of para-hydroxylation sites is 2. The molecule has 0 fully saturated rings. The first kappa shape index (κ1) is 22.7. The van der Waals surface area contributed by atoms with Crippen molar-refractivity contribution in [3.63, 3.8) is 0 Å². The predicted molar refractivity (Wildman–Crippen MR) is 110 cm³/mol. The van der Waals surface area contributed by atoms with Crippen LogP contribution in [0.2, 0.25) is 0 Å². The summed E-state index contributed by atoms with van der Waals surface area (Å²) in [4.78, 5) is 26.4. The lowest BCUT2D eigenvalue weighted by molar-refractivity contribution is -0.274. The van der Waals surface area contributed by atoms with Gasteiger partial charge < -0.3 is 19.1 Å². The van der Waals surface area contributed by atoms with Gasteiger partial charge in [-0.05, 0) is 24.3 Å². The number of hydrogen-bond donors (Lipinski definition) is 0. The maximum atomic E-state index is 13.0. The number of halogens is 3. The first-order chi connectivity index (χ1) is 15.3. The second-order valence-electron chi connectivity index (χ2n) is 6.38. The summed E-state index contributed by atoms with van der Waals surface area (Å²) in [5.41, 5.74) is 0.525. The van der Waals surface area contributed by atoms with Crippen molar-refractivity contribution < 1.29 is 37.0 Å². The molecular weight excluding hydrogens is 427 g/mol. The van der Waals surface area contributed by atoms with Crippen LogP contribution in [0.15, 0.2) is 84.2 Å². The summed E-state index contributed by atoms with van der Waals surface area (Å²) in [6, 6.07) is 12.1. The number of esters is 2. The van der Waals surface area contributed by atoms with Gasteiger partial charge in [-0.1, -0.05) is 42.5 Å². The summed E-state index contributed by atoms with van der Waals surface area (Å²) in [6.07, 6.45) is 1.07. The van der Waals surface area contributed by atoms with Crippen LogP contribution in [-0.4, -0.2) is 32.5 Å². The molecule has 166 valence electrons. The SMILES string of the molecule is COC(=O)C1=C(C(=O)OC)N(c2ccccc2-c2ccccc2OC(F)(F)F)C=CC=C1. The number of rotatable bonds is 5. The summed E-state index contributed by atoms with van der Waals surface area (Å²) in [5.74, 6) is -2.04. The molecule has 2 aromatic rings. The van der Waals surface area contributed by atoms with Crippen LogP contribution in [0, 0.1) is 0 Å². The van der Waals surface area contributed by atoms with E-state index >= 15 is 0 Å². The highest BCUT2D eigenvalue weighted by Crippen LogP contribution is 2.40. The lowest BCUT2D eigenvalue weighted by Gasteiger charge is -2.26. The van der Waals surface area contributed by atoms with Crippen LogP contribution in [0.5, 0.6) is 5.75 Å². The third-order valence-electron chi connectivity index (χ3n) is 4.46. The minimum atomic E-state index is -4.90. The van der Waals surface area contributed by atoms with Crippen LogP contribution in [0.4, 0.5) is 18.9 Å². The molecule has 1 aliphatic heterocycles. The fraction of sp³-hybridized carbons (Fsp3) is 0.130. The Kier molecular flexibility index (Phi) is 6.67. The van der Waals surface area contributed by atoms with Gasteiger partial charge in [0.2, 0.25) is 0 Å². The van der Waals surface area contributed by atoms with Crippen molar-refractivity contribution in [3.05, 3.63) is 84.2 Å². The molecule has 0 atom stereocenters. The number of benzene rings is 2. The predicted octanol–water partition coefficient (Wildman–Crippen LogP) is 4.74. The van der Waals surface area contributed by atoms with E-state index in [4.69, 9.17) is 9.47 Å². The summed E-state index contributed by atoms with van der Waals surface area (Å²) in [5, 5.41) is 0. The minimum absolute atomic E-state index is 0.0843. The molecule has 0 radical (unpaired) electrons. The molecule has 3 rings (SSSR count). The average molecular weight is 445 g/mol. The van der Waals surface area contributed by atoms with E-state index in [0.29, 0.717) is 11.3 Å². The van der Waals surface area contributed by atoms with E-state index in [9.17, 15) is 22.8 Å². The van der Waals surface area contributed by atoms with Gasteiger partial charge in [0, 0.05) is 17.3 Å². The molecule has 0 aromatic heterocycles. The molecule has 2 aromatic carbocycles. The van der Waals surface area contributed by atoms with Gasteiger partial charge in [0.25, 0.3) is 0 Å². The van der Waals surface area contributed by atoms with Gasteiger partial charge in [0.1, 0.15) is 11.4 Å². The second-order valence-corrected chi connectivity index (χ2v) is 6.38. The van der Waals surface area contributed by atoms with Crippen molar-refractivity contribution in [1.82, 2.24) is 0 Å². The van der Waals surface area contributed by atoms with Crippen molar-refractivity contribution in [2.24, 2.45) is 0 Å². The van der Waals surface area contributed by atoms with Crippen LogP contribution in [0.3, 0.4) is 0 Å². The van der Waals surface area contributed by atoms with E-state index in [1.165, 1.54) is 48.6 Å². The van der Waals surface area contributed by atoms with E-state index in [2.05, 4.69) is 4.74 Å². The number of nitrogens with zero attached hydrogens (tertiary/aromatic N) is 1. The van der Waals surface area contributed by atoms with E-state index in [-0.39, 0.29) is 16.8 Å². The van der Waals surface area contributed by atoms with Crippen molar-refractivity contribution in [1.29, 1.82) is 0 Å². The zero-order valence-corrected chi connectivity index (χ0v) is 17.1. The molecule has 1 heterocycles. The van der Waals surface area contributed by atoms with E-state index in [0.717, 1.165) is 7.11 Å². The molecular formula is C23H18F3NO5. The highest BCUT2D eigenvalue weighted by molar-refractivity contribution is 6.06. The number of alkyl halides is 3. The van der Waals surface area contributed by atoms with Crippen LogP contribution >= 0.6 is 0 Å². The number of methoxy groups -OCH3 is 2. The van der Waals surface area contributed by atoms with Crippen LogP contribution < -0.4 is 9.64 Å².